The van der Waals surface area contributed by atoms with Gasteiger partial charge in [-0.2, -0.15) is 0 Å². The van der Waals surface area contributed by atoms with Crippen molar-refractivity contribution >= 4 is 11.8 Å². The lowest BCUT2D eigenvalue weighted by Crippen LogP contribution is -2.28. The minimum absolute atomic E-state index is 0.0977. The summed E-state index contributed by atoms with van der Waals surface area (Å²) in [5, 5.41) is 3.68. The first kappa shape index (κ1) is 17.3. The second-order valence-electron chi connectivity index (χ2n) is 4.94. The van der Waals surface area contributed by atoms with Crippen LogP contribution in [-0.4, -0.2) is 25.0 Å². The molecule has 24 heavy (non-hydrogen) atoms. The Hall–Kier alpha value is -3.02. The van der Waals surface area contributed by atoms with Crippen LogP contribution in [-0.2, 0) is 9.63 Å². The summed E-state index contributed by atoms with van der Waals surface area (Å²) in [6.45, 7) is 1.82. The summed E-state index contributed by atoms with van der Waals surface area (Å²) in [7, 11) is 1.58. The van der Waals surface area contributed by atoms with Gasteiger partial charge in [-0.05, 0) is 42.8 Å². The first-order valence-electron chi connectivity index (χ1n) is 7.54. The maximum atomic E-state index is 12.1. The summed E-state index contributed by atoms with van der Waals surface area (Å²) >= 11 is 0. The van der Waals surface area contributed by atoms with Crippen LogP contribution in [0.3, 0.4) is 0 Å². The zero-order chi connectivity index (χ0) is 17.4. The Morgan fingerprint density at radius 3 is 2.33 bits per heavy atom. The molecule has 0 amide bonds. The van der Waals surface area contributed by atoms with E-state index in [1.165, 1.54) is 0 Å². The number of oxime groups is 1. The minimum atomic E-state index is -0.750. The highest BCUT2D eigenvalue weighted by Crippen LogP contribution is 2.14. The molecule has 2 N–H and O–H groups in total. The van der Waals surface area contributed by atoms with Crippen molar-refractivity contribution in [1.29, 1.82) is 0 Å². The highest BCUT2D eigenvalue weighted by atomic mass is 16.7. The fraction of sp³-hybridized carbons (Fsp3) is 0.222. The van der Waals surface area contributed by atoms with Crippen molar-refractivity contribution in [1.82, 2.24) is 0 Å². The van der Waals surface area contributed by atoms with Crippen LogP contribution in [0.1, 0.15) is 18.9 Å². The van der Waals surface area contributed by atoms with Crippen LogP contribution in [0.25, 0.3) is 0 Å². The maximum Gasteiger partial charge on any atom is 0.375 e. The Kier molecular flexibility index (Phi) is 6.19. The van der Waals surface area contributed by atoms with Gasteiger partial charge in [-0.3, -0.25) is 0 Å². The summed E-state index contributed by atoms with van der Waals surface area (Å²) in [6.07, 6.45) is -0.300. The van der Waals surface area contributed by atoms with E-state index in [1.807, 2.05) is 25.1 Å². The number of methoxy groups -OCH3 is 1. The summed E-state index contributed by atoms with van der Waals surface area (Å²) in [5.74, 6) is 0.789. The van der Waals surface area contributed by atoms with E-state index in [-0.39, 0.29) is 5.84 Å². The Morgan fingerprint density at radius 1 is 1.08 bits per heavy atom. The highest BCUT2D eigenvalue weighted by molar-refractivity contribution is 5.97. The van der Waals surface area contributed by atoms with Crippen LogP contribution < -0.4 is 15.2 Å². The number of benzene rings is 2. The quantitative estimate of drug-likeness (QED) is 0.366. The number of carbonyl (C=O) groups is 1. The molecule has 0 saturated heterocycles. The number of nitrogens with two attached hydrogens (primary N) is 1. The molecule has 6 nitrogen and oxygen atoms in total. The van der Waals surface area contributed by atoms with E-state index in [0.29, 0.717) is 23.5 Å². The molecule has 0 aromatic heterocycles. The zero-order valence-corrected chi connectivity index (χ0v) is 13.6. The molecule has 0 aliphatic carbocycles. The minimum Gasteiger partial charge on any atom is -0.497 e. The average Bonchev–Trinajstić information content (AvgIpc) is 2.64. The van der Waals surface area contributed by atoms with E-state index in [0.717, 1.165) is 0 Å². The van der Waals surface area contributed by atoms with Gasteiger partial charge < -0.3 is 20.0 Å². The van der Waals surface area contributed by atoms with Crippen molar-refractivity contribution in [2.45, 2.75) is 19.4 Å². The summed E-state index contributed by atoms with van der Waals surface area (Å²) in [4.78, 5) is 17.0. The highest BCUT2D eigenvalue weighted by Gasteiger charge is 2.20. The van der Waals surface area contributed by atoms with E-state index < -0.39 is 12.1 Å². The fourth-order valence-corrected chi connectivity index (χ4v) is 1.93. The first-order valence-corrected chi connectivity index (χ1v) is 7.54. The molecule has 0 saturated carbocycles. The third kappa shape index (κ3) is 4.74. The molecule has 2 rings (SSSR count). The summed E-state index contributed by atoms with van der Waals surface area (Å²) in [6, 6.07) is 16.0. The lowest BCUT2D eigenvalue weighted by Gasteiger charge is -2.14. The van der Waals surface area contributed by atoms with Gasteiger partial charge >= 0.3 is 5.97 Å². The predicted molar refractivity (Wildman–Crippen MR) is 91.0 cm³/mol. The van der Waals surface area contributed by atoms with Crippen molar-refractivity contribution in [3.05, 3.63) is 60.2 Å². The van der Waals surface area contributed by atoms with Crippen LogP contribution >= 0.6 is 0 Å². The second-order valence-corrected chi connectivity index (χ2v) is 4.94. The molecule has 1 atom stereocenters. The molecule has 6 heteroatoms. The number of hydrogen-bond acceptors (Lipinski definition) is 5. The molecule has 0 radical (unpaired) electrons. The molecule has 0 spiro atoms. The Morgan fingerprint density at radius 2 is 1.75 bits per heavy atom. The third-order valence-corrected chi connectivity index (χ3v) is 3.27. The second kappa shape index (κ2) is 8.57. The van der Waals surface area contributed by atoms with Gasteiger partial charge in [0, 0.05) is 5.56 Å². The molecule has 2 aromatic rings. The van der Waals surface area contributed by atoms with Gasteiger partial charge in [0.05, 0.1) is 7.11 Å². The Balaban J connectivity index is 1.98. The molecule has 126 valence electrons. The average molecular weight is 328 g/mol. The zero-order valence-electron chi connectivity index (χ0n) is 13.6. The SMILES string of the molecule is CCC(Oc1ccccc1)C(=O)ON=C(N)c1ccc(OC)cc1. The molecule has 0 fully saturated rings. The van der Waals surface area contributed by atoms with Crippen LogP contribution in [0.15, 0.2) is 59.8 Å². The molecular weight excluding hydrogens is 308 g/mol. The molecular formula is C18H20N2O4. The van der Waals surface area contributed by atoms with Crippen molar-refractivity contribution in [3.8, 4) is 11.5 Å². The number of rotatable bonds is 7. The summed E-state index contributed by atoms with van der Waals surface area (Å²) in [5.41, 5.74) is 6.45. The van der Waals surface area contributed by atoms with Gasteiger partial charge in [0.2, 0.25) is 0 Å². The van der Waals surface area contributed by atoms with Crippen molar-refractivity contribution < 1.29 is 19.1 Å². The predicted octanol–water partition coefficient (Wildman–Crippen LogP) is 2.72. The van der Waals surface area contributed by atoms with E-state index in [1.54, 1.807) is 43.5 Å². The topological polar surface area (TPSA) is 83.1 Å². The molecule has 0 aliphatic heterocycles. The van der Waals surface area contributed by atoms with Crippen LogP contribution in [0, 0.1) is 0 Å². The van der Waals surface area contributed by atoms with Gasteiger partial charge in [0.1, 0.15) is 11.5 Å². The van der Waals surface area contributed by atoms with Gasteiger partial charge in [0.25, 0.3) is 0 Å². The monoisotopic (exact) mass is 328 g/mol. The molecule has 1 unspecified atom stereocenters. The van der Waals surface area contributed by atoms with Crippen LogP contribution in [0.2, 0.25) is 0 Å². The number of amidine groups is 1. The van der Waals surface area contributed by atoms with Crippen LogP contribution in [0.5, 0.6) is 11.5 Å². The van der Waals surface area contributed by atoms with Gasteiger partial charge in [0.15, 0.2) is 11.9 Å². The van der Waals surface area contributed by atoms with Crippen molar-refractivity contribution in [2.24, 2.45) is 10.9 Å². The van der Waals surface area contributed by atoms with Crippen LogP contribution in [0.4, 0.5) is 0 Å². The van der Waals surface area contributed by atoms with Gasteiger partial charge in [-0.25, -0.2) is 4.79 Å². The number of carbonyl (C=O) groups excluding carboxylic acids is 1. The van der Waals surface area contributed by atoms with Crippen molar-refractivity contribution in [3.63, 3.8) is 0 Å². The Labute approximate surface area is 140 Å². The Bertz CT molecular complexity index is 684. The lowest BCUT2D eigenvalue weighted by atomic mass is 10.2. The molecule has 0 bridgehead atoms. The van der Waals surface area contributed by atoms with Crippen molar-refractivity contribution in [2.75, 3.05) is 7.11 Å². The van der Waals surface area contributed by atoms with E-state index in [4.69, 9.17) is 20.0 Å². The number of nitrogens with zero attached hydrogens (tertiary/aromatic N) is 1. The fourth-order valence-electron chi connectivity index (χ4n) is 1.93. The first-order chi connectivity index (χ1) is 11.6. The lowest BCUT2D eigenvalue weighted by molar-refractivity contribution is -0.152. The summed E-state index contributed by atoms with van der Waals surface area (Å²) < 4.78 is 10.7. The van der Waals surface area contributed by atoms with Gasteiger partial charge in [-0.15, -0.1) is 0 Å². The molecule has 0 aliphatic rings. The van der Waals surface area contributed by atoms with Gasteiger partial charge in [-0.1, -0.05) is 30.3 Å². The van der Waals surface area contributed by atoms with E-state index in [9.17, 15) is 4.79 Å². The number of ether oxygens (including phenoxy) is 2. The van der Waals surface area contributed by atoms with E-state index >= 15 is 0 Å². The van der Waals surface area contributed by atoms with E-state index in [2.05, 4.69) is 5.16 Å². The molecule has 2 aromatic carbocycles. The molecule has 0 heterocycles. The number of para-hydroxylation sites is 1. The maximum absolute atomic E-state index is 12.1. The normalized spacial score (nSPS) is 12.3. The largest absolute Gasteiger partial charge is 0.497 e. The standard InChI is InChI=1S/C18H20N2O4/c1-3-16(23-15-7-5-4-6-8-15)18(21)24-20-17(19)13-9-11-14(22-2)12-10-13/h4-12,16H,3H2,1-2H3,(H2,19,20). The smallest absolute Gasteiger partial charge is 0.375 e. The number of hydrogen-bond donors (Lipinski definition) is 1. The third-order valence-electron chi connectivity index (χ3n) is 3.27.